The van der Waals surface area contributed by atoms with E-state index in [0.717, 1.165) is 25.9 Å². The summed E-state index contributed by atoms with van der Waals surface area (Å²) in [6.45, 7) is 1.93. The fraction of sp³-hybridized carbons (Fsp3) is 0.194. The van der Waals surface area contributed by atoms with Crippen molar-refractivity contribution in [2.75, 3.05) is 25.4 Å². The van der Waals surface area contributed by atoms with Gasteiger partial charge in [0.1, 0.15) is 0 Å². The Labute approximate surface area is 240 Å². The summed E-state index contributed by atoms with van der Waals surface area (Å²) in [7, 11) is -0.606. The van der Waals surface area contributed by atoms with Crippen LogP contribution in [0.2, 0.25) is 0 Å². The fourth-order valence-electron chi connectivity index (χ4n) is 4.04. The smallest absolute Gasteiger partial charge is 0.0195 e. The van der Waals surface area contributed by atoms with Crippen molar-refractivity contribution in [2.24, 2.45) is 0 Å². The Morgan fingerprint density at radius 3 is 1.03 bits per heavy atom. The summed E-state index contributed by atoms with van der Waals surface area (Å²) in [5.74, 6) is 0. The van der Waals surface area contributed by atoms with Gasteiger partial charge < -0.3 is 5.32 Å². The number of hydrogen-bond acceptors (Lipinski definition) is 1. The minimum Gasteiger partial charge on any atom is -0.662 e. The number of carbonyl (C=O) groups excluding carboxylic acids is 1. The van der Waals surface area contributed by atoms with Crippen molar-refractivity contribution in [3.63, 3.8) is 0 Å². The molecular weight excluding hydrogens is 601 g/mol. The molecule has 0 aliphatic carbocycles. The van der Waals surface area contributed by atoms with E-state index < -0.39 is 0 Å². The minimum atomic E-state index is -0.303. The topological polar surface area (TPSA) is 31.2 Å². The molecule has 0 saturated carbocycles. The molecule has 2 nitrogen and oxygen atoms in total. The molecule has 0 atom stereocenters. The van der Waals surface area contributed by atoms with Gasteiger partial charge in [0.2, 0.25) is 0 Å². The normalized spacial score (nSPS) is 10.2. The maximum atomic E-state index is 8.65. The second kappa shape index (κ2) is 19.3. The second-order valence-corrected chi connectivity index (χ2v) is 13.1. The van der Waals surface area contributed by atoms with Gasteiger partial charge in [-0.1, -0.05) is 134 Å². The zero-order valence-electron chi connectivity index (χ0n) is 20.8. The van der Waals surface area contributed by atoms with Crippen molar-refractivity contribution in [1.29, 1.82) is 0 Å². The molecule has 0 fully saturated rings. The zero-order chi connectivity index (χ0) is 25.3. The van der Waals surface area contributed by atoms with E-state index in [0.29, 0.717) is 0 Å². The first kappa shape index (κ1) is 31.4. The predicted molar refractivity (Wildman–Crippen MR) is 163 cm³/mol. The Kier molecular flexibility index (Phi) is 16.4. The number of rotatable bonds is 12. The van der Waals surface area contributed by atoms with Crippen molar-refractivity contribution in [3.8, 4) is 0 Å². The largest absolute Gasteiger partial charge is 0.662 e. The molecule has 4 aromatic rings. The summed E-state index contributed by atoms with van der Waals surface area (Å²) in [4.78, 5) is 8.65. The van der Waals surface area contributed by atoms with Gasteiger partial charge in [-0.3, -0.25) is 0 Å². The Bertz CT molecular complexity index is 979. The van der Waals surface area contributed by atoms with Gasteiger partial charge in [0, 0.05) is 0 Å². The van der Waals surface area contributed by atoms with Crippen LogP contribution < -0.4 is 21.2 Å². The quantitative estimate of drug-likeness (QED) is 0.101. The molecule has 6 heteroatoms. The minimum absolute atomic E-state index is 0. The molecule has 4 rings (SSSR count). The maximum Gasteiger partial charge on any atom is -0.0195 e. The van der Waals surface area contributed by atoms with Crippen LogP contribution in [-0.2, 0) is 22.6 Å². The zero-order valence-corrected chi connectivity index (χ0v) is 25.1. The SMILES string of the molecule is Cl.O=[C]=[Ru+].c1ccc(P(CCC[N-]CCCP(c2ccccc2)c2ccccc2)c2ccccc2)cc1. The molecule has 0 spiro atoms. The van der Waals surface area contributed by atoms with Gasteiger partial charge in [0.05, 0.1) is 0 Å². The van der Waals surface area contributed by atoms with Crippen molar-refractivity contribution >= 4 is 53.9 Å². The van der Waals surface area contributed by atoms with Gasteiger partial charge in [0.15, 0.2) is 0 Å². The van der Waals surface area contributed by atoms with Crippen LogP contribution in [0.3, 0.4) is 0 Å². The molecule has 0 aliphatic heterocycles. The molecule has 0 heterocycles. The van der Waals surface area contributed by atoms with Gasteiger partial charge in [-0.2, -0.15) is 0 Å². The van der Waals surface area contributed by atoms with Gasteiger partial charge >= 0.3 is 27.1 Å². The van der Waals surface area contributed by atoms with Crippen LogP contribution in [0.15, 0.2) is 121 Å². The number of halogens is 1. The molecule has 37 heavy (non-hydrogen) atoms. The van der Waals surface area contributed by atoms with Gasteiger partial charge in [-0.05, 0) is 49.4 Å². The number of nitrogens with zero attached hydrogens (tertiary/aromatic N) is 1. The van der Waals surface area contributed by atoms with Gasteiger partial charge in [-0.15, -0.1) is 25.5 Å². The molecule has 0 aromatic heterocycles. The molecule has 0 saturated heterocycles. The first-order valence-electron chi connectivity index (χ1n) is 12.2. The third kappa shape index (κ3) is 11.2. The van der Waals surface area contributed by atoms with Crippen molar-refractivity contribution in [3.05, 3.63) is 127 Å². The van der Waals surface area contributed by atoms with E-state index in [4.69, 9.17) is 10.1 Å². The summed E-state index contributed by atoms with van der Waals surface area (Å²) < 4.78 is 1.43. The van der Waals surface area contributed by atoms with E-state index in [2.05, 4.69) is 121 Å². The van der Waals surface area contributed by atoms with E-state index in [1.165, 1.54) is 38.0 Å². The fourth-order valence-corrected chi connectivity index (χ4v) is 8.71. The van der Waals surface area contributed by atoms with E-state index >= 15 is 0 Å². The van der Waals surface area contributed by atoms with E-state index in [1.54, 1.807) is 17.9 Å². The van der Waals surface area contributed by atoms with Gasteiger partial charge in [0.25, 0.3) is 0 Å². The summed E-state index contributed by atoms with van der Waals surface area (Å²) in [6, 6.07) is 44.0. The molecule has 193 valence electrons. The van der Waals surface area contributed by atoms with E-state index in [1.807, 2.05) is 0 Å². The van der Waals surface area contributed by atoms with Crippen LogP contribution in [-0.4, -0.2) is 29.9 Å². The Morgan fingerprint density at radius 2 is 0.784 bits per heavy atom. The Morgan fingerprint density at radius 1 is 0.541 bits per heavy atom. The Balaban J connectivity index is 0.00000115. The standard InChI is InChI=1S/C30H32NP2.CO.ClH.Ru/c1-5-15-27(16-6-1)32(28-17-7-2-8-18-28)25-13-23-31-24-14-26-33(29-19-9-3-10-20-29)30-21-11-4-12-22-30;1-2;;/h1-12,15-22H,13-14,23-26H2;;1H;/q-1;;;+1. The third-order valence-corrected chi connectivity index (χ3v) is 10.9. The summed E-state index contributed by atoms with van der Waals surface area (Å²) >= 11 is 1.70. The van der Waals surface area contributed by atoms with Crippen LogP contribution in [0, 0.1) is 0 Å². The molecule has 0 unspecified atom stereocenters. The number of benzene rings is 4. The van der Waals surface area contributed by atoms with Crippen LogP contribution in [0.5, 0.6) is 0 Å². The van der Waals surface area contributed by atoms with Crippen LogP contribution in [0.4, 0.5) is 0 Å². The first-order valence-corrected chi connectivity index (χ1v) is 16.1. The van der Waals surface area contributed by atoms with Crippen LogP contribution in [0.25, 0.3) is 5.32 Å². The maximum absolute atomic E-state index is 8.65. The predicted octanol–water partition coefficient (Wildman–Crippen LogP) is 6.43. The van der Waals surface area contributed by atoms with Crippen molar-refractivity contribution < 1.29 is 22.6 Å². The second-order valence-electron chi connectivity index (χ2n) is 8.10. The van der Waals surface area contributed by atoms with Gasteiger partial charge in [-0.25, -0.2) is 0 Å². The van der Waals surface area contributed by atoms with Crippen molar-refractivity contribution in [2.45, 2.75) is 12.8 Å². The summed E-state index contributed by atoms with van der Waals surface area (Å²) in [5, 5.41) is 10.8. The molecule has 0 N–H and O–H groups in total. The molecule has 4 aromatic carbocycles. The first-order chi connectivity index (χ1) is 17.8. The summed E-state index contributed by atoms with van der Waals surface area (Å²) in [5.41, 5.74) is 0. The molecular formula is C31H33ClNOP2Ru. The van der Waals surface area contributed by atoms with Crippen molar-refractivity contribution in [1.82, 2.24) is 0 Å². The van der Waals surface area contributed by atoms with E-state index in [-0.39, 0.29) is 28.3 Å². The third-order valence-electron chi connectivity index (χ3n) is 5.67. The van der Waals surface area contributed by atoms with E-state index in [9.17, 15) is 0 Å². The molecule has 0 bridgehead atoms. The molecule has 0 amide bonds. The summed E-state index contributed by atoms with van der Waals surface area (Å²) in [6.07, 6.45) is 4.71. The van der Waals surface area contributed by atoms with Crippen LogP contribution >= 0.6 is 28.3 Å². The Hall–Kier alpha value is -1.81. The average Bonchev–Trinajstić information content (AvgIpc) is 2.95. The average molecular weight is 634 g/mol. The molecule has 0 aliphatic rings. The molecule has 0 radical (unpaired) electrons. The monoisotopic (exact) mass is 634 g/mol. The number of hydrogen-bond donors (Lipinski definition) is 0. The van der Waals surface area contributed by atoms with Crippen LogP contribution in [0.1, 0.15) is 12.8 Å².